The van der Waals surface area contributed by atoms with E-state index in [4.69, 9.17) is 16.3 Å². The Hall–Kier alpha value is -2.03. The quantitative estimate of drug-likeness (QED) is 0.631. The van der Waals surface area contributed by atoms with E-state index in [-0.39, 0.29) is 16.3 Å². The monoisotopic (exact) mass is 400 g/mol. The van der Waals surface area contributed by atoms with Crippen molar-refractivity contribution in [3.63, 3.8) is 0 Å². The Kier molecular flexibility index (Phi) is 5.27. The van der Waals surface area contributed by atoms with Gasteiger partial charge in [-0.1, -0.05) is 17.7 Å². The first-order valence-corrected chi connectivity index (χ1v) is 8.79. The highest BCUT2D eigenvalue weighted by atomic mass is 35.5. The summed E-state index contributed by atoms with van der Waals surface area (Å²) in [6.07, 6.45) is 0. The molecule has 0 aromatic heterocycles. The van der Waals surface area contributed by atoms with Crippen molar-refractivity contribution in [1.29, 1.82) is 0 Å². The zero-order valence-electron chi connectivity index (χ0n) is 13.6. The summed E-state index contributed by atoms with van der Waals surface area (Å²) in [5.74, 6) is -3.93. The van der Waals surface area contributed by atoms with Crippen LogP contribution in [-0.4, -0.2) is 30.3 Å². The van der Waals surface area contributed by atoms with Gasteiger partial charge in [0.15, 0.2) is 6.61 Å². The largest absolute Gasteiger partial charge is 0.487 e. The minimum absolute atomic E-state index is 0.0717. The number of nitrogens with one attached hydrogen (secondary N) is 2. The fourth-order valence-electron chi connectivity index (χ4n) is 2.43. The third-order valence-corrected chi connectivity index (χ3v) is 4.78. The van der Waals surface area contributed by atoms with Crippen LogP contribution in [0.4, 0.5) is 14.5 Å². The molecule has 9 heteroatoms. The first-order valence-electron chi connectivity index (χ1n) is 7.60. The van der Waals surface area contributed by atoms with Gasteiger partial charge in [0.25, 0.3) is 5.92 Å². The maximum atomic E-state index is 13.3. The summed E-state index contributed by atoms with van der Waals surface area (Å²) in [6.45, 7) is 0.502. The fourth-order valence-corrected chi connectivity index (χ4v) is 3.35. The molecule has 0 spiro atoms. The molecule has 1 aliphatic rings. The van der Waals surface area contributed by atoms with Gasteiger partial charge >= 0.3 is 5.97 Å². The van der Waals surface area contributed by atoms with Crippen LogP contribution in [0.15, 0.2) is 35.2 Å². The number of alkyl halides is 2. The summed E-state index contributed by atoms with van der Waals surface area (Å²) in [5, 5.41) is 12.5. The number of hydrogen-bond donors (Lipinski definition) is 3. The number of ether oxygens (including phenoxy) is 1. The van der Waals surface area contributed by atoms with Crippen molar-refractivity contribution in [2.24, 2.45) is 0 Å². The molecule has 0 unspecified atom stereocenters. The number of carbonyl (C=O) groups is 1. The minimum Gasteiger partial charge on any atom is -0.487 e. The van der Waals surface area contributed by atoms with Crippen molar-refractivity contribution in [2.45, 2.75) is 17.7 Å². The van der Waals surface area contributed by atoms with E-state index < -0.39 is 18.5 Å². The summed E-state index contributed by atoms with van der Waals surface area (Å²) in [6, 6.07) is 7.89. The molecule has 0 amide bonds. The van der Waals surface area contributed by atoms with Gasteiger partial charge in [0.05, 0.1) is 22.9 Å². The number of hydrogen-bond acceptors (Lipinski definition) is 5. The number of halogens is 3. The number of anilines is 1. The second-order valence-electron chi connectivity index (χ2n) is 5.80. The highest BCUT2D eigenvalue weighted by Crippen LogP contribution is 2.41. The zero-order valence-corrected chi connectivity index (χ0v) is 15.2. The molecule has 2 aromatic rings. The Morgan fingerprint density at radius 1 is 1.38 bits per heavy atom. The van der Waals surface area contributed by atoms with Crippen LogP contribution < -0.4 is 14.8 Å². The lowest BCUT2D eigenvalue weighted by Gasteiger charge is -2.22. The van der Waals surface area contributed by atoms with Gasteiger partial charge in [0, 0.05) is 23.4 Å². The molecule has 0 saturated carbocycles. The Labute approximate surface area is 157 Å². The summed E-state index contributed by atoms with van der Waals surface area (Å²) in [7, 11) is 0. The second kappa shape index (κ2) is 7.30. The average molecular weight is 401 g/mol. The van der Waals surface area contributed by atoms with E-state index in [1.807, 2.05) is 0 Å². The van der Waals surface area contributed by atoms with Gasteiger partial charge in [-0.15, -0.1) is 0 Å². The van der Waals surface area contributed by atoms with Crippen LogP contribution in [0.1, 0.15) is 17.3 Å². The smallest absolute Gasteiger partial charge is 0.337 e. The first kappa shape index (κ1) is 18.8. The van der Waals surface area contributed by atoms with Gasteiger partial charge in [-0.2, -0.15) is 0 Å². The molecule has 138 valence electrons. The molecule has 1 aliphatic heterocycles. The molecular formula is C17H15ClF2N2O3S. The summed E-state index contributed by atoms with van der Waals surface area (Å²) in [5.41, 5.74) is 1.69. The lowest BCUT2D eigenvalue weighted by atomic mass is 10.0. The maximum absolute atomic E-state index is 13.3. The summed E-state index contributed by atoms with van der Waals surface area (Å²) >= 11 is 7.30. The van der Waals surface area contributed by atoms with Gasteiger partial charge in [-0.05, 0) is 35.7 Å². The first-order chi connectivity index (χ1) is 12.2. The average Bonchev–Trinajstić information content (AvgIpc) is 2.58. The molecule has 1 heterocycles. The molecule has 26 heavy (non-hydrogen) atoms. The van der Waals surface area contributed by atoms with E-state index >= 15 is 0 Å². The van der Waals surface area contributed by atoms with Crippen LogP contribution in [0.2, 0.25) is 5.02 Å². The molecule has 0 bridgehead atoms. The molecule has 3 N–H and O–H groups in total. The van der Waals surface area contributed by atoms with E-state index in [0.29, 0.717) is 17.8 Å². The lowest BCUT2D eigenvalue weighted by Crippen LogP contribution is -2.22. The van der Waals surface area contributed by atoms with Crippen LogP contribution in [0, 0.1) is 0 Å². The number of aromatic carboxylic acids is 1. The Morgan fingerprint density at radius 3 is 2.85 bits per heavy atom. The van der Waals surface area contributed by atoms with Crippen molar-refractivity contribution in [3.8, 4) is 16.9 Å². The molecule has 0 radical (unpaired) electrons. The molecule has 3 rings (SSSR count). The van der Waals surface area contributed by atoms with E-state index in [9.17, 15) is 18.7 Å². The Balaban J connectivity index is 2.09. The number of carboxylic acid groups (broad SMARTS) is 1. The van der Waals surface area contributed by atoms with Crippen molar-refractivity contribution in [3.05, 3.63) is 40.9 Å². The highest BCUT2D eigenvalue weighted by Gasteiger charge is 2.24. The number of rotatable bonds is 5. The fraction of sp³-hybridized carbons (Fsp3) is 0.235. The molecule has 0 atom stereocenters. The molecule has 0 fully saturated rings. The van der Waals surface area contributed by atoms with Crippen molar-refractivity contribution >= 4 is 35.2 Å². The van der Waals surface area contributed by atoms with Crippen LogP contribution >= 0.6 is 23.5 Å². The van der Waals surface area contributed by atoms with Crippen LogP contribution in [-0.2, 0) is 0 Å². The Morgan fingerprint density at radius 2 is 2.15 bits per heavy atom. The van der Waals surface area contributed by atoms with E-state index in [2.05, 4.69) is 10.0 Å². The maximum Gasteiger partial charge on any atom is 0.337 e. The minimum atomic E-state index is -3.00. The SMILES string of the molecule is CC(F)(F)COc1cc2c(cc1-c1ccc(Cl)c(C(=O)O)c1)SNCN2. The van der Waals surface area contributed by atoms with Gasteiger partial charge in [-0.3, -0.25) is 0 Å². The zero-order chi connectivity index (χ0) is 18.9. The third kappa shape index (κ3) is 4.20. The number of fused-ring (bicyclic) bond motifs is 1. The van der Waals surface area contributed by atoms with E-state index in [1.165, 1.54) is 24.1 Å². The van der Waals surface area contributed by atoms with E-state index in [1.54, 1.807) is 18.2 Å². The molecular weight excluding hydrogens is 386 g/mol. The lowest BCUT2D eigenvalue weighted by molar-refractivity contribution is -0.0227. The molecule has 2 aromatic carbocycles. The molecule has 0 saturated heterocycles. The Bertz CT molecular complexity index is 859. The third-order valence-electron chi connectivity index (χ3n) is 3.60. The predicted octanol–water partition coefficient (Wildman–Crippen LogP) is 4.72. The molecule has 5 nitrogen and oxygen atoms in total. The summed E-state index contributed by atoms with van der Waals surface area (Å²) in [4.78, 5) is 12.2. The van der Waals surface area contributed by atoms with Gasteiger partial charge in [-0.25, -0.2) is 18.3 Å². The standard InChI is InChI=1S/C17H15ClF2N2O3S/c1-17(19,20)7-25-14-6-13-15(26-22-8-21-13)5-10(14)9-2-3-12(18)11(4-9)16(23)24/h2-6,21-22H,7-8H2,1H3,(H,23,24). The second-order valence-corrected chi connectivity index (χ2v) is 7.14. The normalized spacial score (nSPS) is 13.7. The van der Waals surface area contributed by atoms with Gasteiger partial charge in [0.2, 0.25) is 0 Å². The van der Waals surface area contributed by atoms with E-state index in [0.717, 1.165) is 17.5 Å². The highest BCUT2D eigenvalue weighted by molar-refractivity contribution is 7.97. The predicted molar refractivity (Wildman–Crippen MR) is 97.4 cm³/mol. The summed E-state index contributed by atoms with van der Waals surface area (Å²) < 4.78 is 34.9. The van der Waals surface area contributed by atoms with Crippen molar-refractivity contribution in [1.82, 2.24) is 4.72 Å². The van der Waals surface area contributed by atoms with Gasteiger partial charge < -0.3 is 15.2 Å². The van der Waals surface area contributed by atoms with Gasteiger partial charge in [0.1, 0.15) is 5.75 Å². The van der Waals surface area contributed by atoms with Crippen LogP contribution in [0.25, 0.3) is 11.1 Å². The van der Waals surface area contributed by atoms with Crippen molar-refractivity contribution in [2.75, 3.05) is 18.6 Å². The topological polar surface area (TPSA) is 70.6 Å². The van der Waals surface area contributed by atoms with Crippen molar-refractivity contribution < 1.29 is 23.4 Å². The molecule has 0 aliphatic carbocycles. The number of benzene rings is 2. The van der Waals surface area contributed by atoms with Crippen LogP contribution in [0.3, 0.4) is 0 Å². The number of carboxylic acids is 1. The van der Waals surface area contributed by atoms with Crippen LogP contribution in [0.5, 0.6) is 5.75 Å².